The number of carboxylic acid groups (broad SMARTS) is 1. The molecule has 0 atom stereocenters. The molecular weight excluding hydrogens is 260 g/mol. The lowest BCUT2D eigenvalue weighted by atomic mass is 10.1. The van der Waals surface area contributed by atoms with E-state index in [1.165, 1.54) is 17.1 Å². The molecule has 1 N–H and O–H groups in total. The number of carboxylic acids is 1. The molecule has 1 aromatic carbocycles. The maximum atomic E-state index is 11.3. The number of aryl methyl sites for hydroxylation is 1. The molecule has 0 spiro atoms. The van der Waals surface area contributed by atoms with E-state index in [9.17, 15) is 9.90 Å². The maximum absolute atomic E-state index is 11.3. The van der Waals surface area contributed by atoms with E-state index in [4.69, 9.17) is 4.74 Å². The zero-order valence-corrected chi connectivity index (χ0v) is 10.5. The molecule has 2 aromatic heterocycles. The third-order valence-electron chi connectivity index (χ3n) is 2.70. The molecule has 0 saturated heterocycles. The van der Waals surface area contributed by atoms with Crippen LogP contribution in [-0.4, -0.2) is 30.8 Å². The zero-order chi connectivity index (χ0) is 14.1. The summed E-state index contributed by atoms with van der Waals surface area (Å²) in [7, 11) is 1.70. The number of carbonyl (C=O) groups is 1. The van der Waals surface area contributed by atoms with Crippen LogP contribution in [0, 0.1) is 0 Å². The smallest absolute Gasteiger partial charge is 0.342 e. The van der Waals surface area contributed by atoms with Gasteiger partial charge in [0.25, 0.3) is 0 Å². The molecule has 0 aliphatic carbocycles. The number of pyridine rings is 1. The van der Waals surface area contributed by atoms with Crippen molar-refractivity contribution in [1.29, 1.82) is 0 Å². The molecule has 0 bridgehead atoms. The topological polar surface area (TPSA) is 90.1 Å². The van der Waals surface area contributed by atoms with Gasteiger partial charge in [-0.15, -0.1) is 5.10 Å². The van der Waals surface area contributed by atoms with E-state index in [1.807, 2.05) is 0 Å². The Bertz CT molecular complexity index is 797. The number of benzene rings is 1. The Morgan fingerprint density at radius 2 is 2.15 bits per heavy atom. The minimum atomic E-state index is -1.04. The van der Waals surface area contributed by atoms with Gasteiger partial charge < -0.3 is 9.84 Å². The average molecular weight is 270 g/mol. The molecular formula is C13H10N4O3. The van der Waals surface area contributed by atoms with Crippen molar-refractivity contribution in [2.24, 2.45) is 7.05 Å². The van der Waals surface area contributed by atoms with Crippen LogP contribution < -0.4 is 4.74 Å². The highest BCUT2D eigenvalue weighted by Crippen LogP contribution is 2.24. The van der Waals surface area contributed by atoms with Crippen molar-refractivity contribution in [2.45, 2.75) is 0 Å². The van der Waals surface area contributed by atoms with Crippen LogP contribution in [0.5, 0.6) is 11.9 Å². The van der Waals surface area contributed by atoms with Gasteiger partial charge >= 0.3 is 12.0 Å². The Labute approximate surface area is 113 Å². The highest BCUT2D eigenvalue weighted by Gasteiger charge is 2.13. The van der Waals surface area contributed by atoms with Crippen molar-refractivity contribution in [2.75, 3.05) is 0 Å². The molecule has 3 rings (SSSR count). The second kappa shape index (κ2) is 4.61. The lowest BCUT2D eigenvalue weighted by Gasteiger charge is -2.05. The standard InChI is InChI=1S/C13H10N4O3/c1-17-7-14-13(16-17)20-11-6-9(12(18)19)8-4-2-3-5-10(8)15-11/h2-7H,1H3,(H,18,19). The van der Waals surface area contributed by atoms with Gasteiger partial charge in [-0.3, -0.25) is 4.68 Å². The summed E-state index contributed by atoms with van der Waals surface area (Å²) in [5.41, 5.74) is 0.667. The molecule has 20 heavy (non-hydrogen) atoms. The normalized spacial score (nSPS) is 10.7. The number of rotatable bonds is 3. The molecule has 0 amide bonds. The number of ether oxygens (including phenoxy) is 1. The second-order valence-corrected chi connectivity index (χ2v) is 4.13. The Morgan fingerprint density at radius 3 is 2.85 bits per heavy atom. The van der Waals surface area contributed by atoms with Crippen LogP contribution in [0.15, 0.2) is 36.7 Å². The molecule has 0 saturated carbocycles. The molecule has 0 aliphatic rings. The zero-order valence-electron chi connectivity index (χ0n) is 10.5. The molecule has 0 radical (unpaired) electrons. The minimum absolute atomic E-state index is 0.117. The second-order valence-electron chi connectivity index (χ2n) is 4.13. The van der Waals surface area contributed by atoms with Crippen LogP contribution in [0.25, 0.3) is 10.9 Å². The van der Waals surface area contributed by atoms with Gasteiger partial charge in [0.15, 0.2) is 0 Å². The van der Waals surface area contributed by atoms with Gasteiger partial charge in [0.1, 0.15) is 6.33 Å². The lowest BCUT2D eigenvalue weighted by Crippen LogP contribution is -2.01. The fourth-order valence-electron chi connectivity index (χ4n) is 1.84. The van der Waals surface area contributed by atoms with E-state index in [-0.39, 0.29) is 17.5 Å². The Morgan fingerprint density at radius 1 is 1.35 bits per heavy atom. The fourth-order valence-corrected chi connectivity index (χ4v) is 1.84. The Hall–Kier alpha value is -2.96. The first-order chi connectivity index (χ1) is 9.63. The third-order valence-corrected chi connectivity index (χ3v) is 2.70. The predicted molar refractivity (Wildman–Crippen MR) is 69.8 cm³/mol. The van der Waals surface area contributed by atoms with Crippen molar-refractivity contribution in [3.05, 3.63) is 42.2 Å². The summed E-state index contributed by atoms with van der Waals surface area (Å²) in [6.07, 6.45) is 1.48. The molecule has 0 fully saturated rings. The van der Waals surface area contributed by atoms with Crippen molar-refractivity contribution >= 4 is 16.9 Å². The Kier molecular flexibility index (Phi) is 2.79. The number of para-hydroxylation sites is 1. The van der Waals surface area contributed by atoms with Crippen molar-refractivity contribution < 1.29 is 14.6 Å². The lowest BCUT2D eigenvalue weighted by molar-refractivity contribution is 0.0698. The summed E-state index contributed by atoms with van der Waals surface area (Å²) in [5.74, 6) is -0.894. The number of aromatic nitrogens is 4. The van der Waals surface area contributed by atoms with E-state index >= 15 is 0 Å². The van der Waals surface area contributed by atoms with Gasteiger partial charge in [0.2, 0.25) is 5.88 Å². The minimum Gasteiger partial charge on any atom is -0.478 e. The van der Waals surface area contributed by atoms with Gasteiger partial charge in [-0.1, -0.05) is 18.2 Å². The molecule has 7 heteroatoms. The van der Waals surface area contributed by atoms with E-state index in [0.717, 1.165) is 0 Å². The quantitative estimate of drug-likeness (QED) is 0.781. The van der Waals surface area contributed by atoms with Crippen LogP contribution >= 0.6 is 0 Å². The number of hydrogen-bond donors (Lipinski definition) is 1. The Balaban J connectivity index is 2.10. The van der Waals surface area contributed by atoms with Gasteiger partial charge in [0, 0.05) is 18.5 Å². The highest BCUT2D eigenvalue weighted by molar-refractivity contribution is 6.02. The van der Waals surface area contributed by atoms with Gasteiger partial charge in [-0.05, 0) is 6.07 Å². The van der Waals surface area contributed by atoms with Crippen LogP contribution in [0.3, 0.4) is 0 Å². The SMILES string of the molecule is Cn1cnc(Oc2cc(C(=O)O)c3ccccc3n2)n1. The molecule has 0 aliphatic heterocycles. The summed E-state index contributed by atoms with van der Waals surface area (Å²) < 4.78 is 6.86. The van der Waals surface area contributed by atoms with Crippen molar-refractivity contribution in [3.63, 3.8) is 0 Å². The van der Waals surface area contributed by atoms with E-state index < -0.39 is 5.97 Å². The number of fused-ring (bicyclic) bond motifs is 1. The molecule has 7 nitrogen and oxygen atoms in total. The third kappa shape index (κ3) is 2.16. The summed E-state index contributed by atoms with van der Waals surface area (Å²) >= 11 is 0. The first-order valence-corrected chi connectivity index (χ1v) is 5.80. The van der Waals surface area contributed by atoms with Crippen LogP contribution in [0.4, 0.5) is 0 Å². The van der Waals surface area contributed by atoms with Gasteiger partial charge in [0.05, 0.1) is 11.1 Å². The van der Waals surface area contributed by atoms with E-state index in [0.29, 0.717) is 10.9 Å². The molecule has 0 unspecified atom stereocenters. The monoisotopic (exact) mass is 270 g/mol. The molecule has 100 valence electrons. The van der Waals surface area contributed by atoms with Crippen LogP contribution in [0.1, 0.15) is 10.4 Å². The largest absolute Gasteiger partial charge is 0.478 e. The van der Waals surface area contributed by atoms with Crippen molar-refractivity contribution in [3.8, 4) is 11.9 Å². The van der Waals surface area contributed by atoms with Crippen LogP contribution in [-0.2, 0) is 7.05 Å². The van der Waals surface area contributed by atoms with Crippen LogP contribution in [0.2, 0.25) is 0 Å². The van der Waals surface area contributed by atoms with E-state index in [2.05, 4.69) is 15.1 Å². The summed E-state index contributed by atoms with van der Waals surface area (Å²) in [4.78, 5) is 19.5. The van der Waals surface area contributed by atoms with E-state index in [1.54, 1.807) is 31.3 Å². The number of hydrogen-bond acceptors (Lipinski definition) is 5. The summed E-state index contributed by atoms with van der Waals surface area (Å²) in [6.45, 7) is 0. The number of nitrogens with zero attached hydrogens (tertiary/aromatic N) is 4. The molecule has 2 heterocycles. The maximum Gasteiger partial charge on any atom is 0.342 e. The average Bonchev–Trinajstić information content (AvgIpc) is 2.83. The van der Waals surface area contributed by atoms with Crippen molar-refractivity contribution in [1.82, 2.24) is 19.7 Å². The summed E-state index contributed by atoms with van der Waals surface area (Å²) in [6, 6.07) is 8.45. The predicted octanol–water partition coefficient (Wildman–Crippen LogP) is 1.85. The number of aromatic carboxylic acids is 1. The first kappa shape index (κ1) is 12.1. The molecule has 3 aromatic rings. The fraction of sp³-hybridized carbons (Fsp3) is 0.0769. The van der Waals surface area contributed by atoms with Gasteiger partial charge in [-0.25, -0.2) is 9.78 Å². The summed E-state index contributed by atoms with van der Waals surface area (Å²) in [5, 5.41) is 13.8. The highest BCUT2D eigenvalue weighted by atomic mass is 16.5. The first-order valence-electron chi connectivity index (χ1n) is 5.80. The van der Waals surface area contributed by atoms with Gasteiger partial charge in [-0.2, -0.15) is 4.98 Å².